The first-order valence-corrected chi connectivity index (χ1v) is 4.19. The Kier molecular flexibility index (Phi) is 10.2. The molecule has 2 N–H and O–H groups in total. The minimum Gasteiger partial charge on any atom is -0.460 e. The normalized spacial score (nSPS) is 8.29. The summed E-state index contributed by atoms with van der Waals surface area (Å²) in [6, 6.07) is 0. The van der Waals surface area contributed by atoms with E-state index in [0.29, 0.717) is 6.61 Å². The maximum Gasteiger partial charge on any atom is 0.404 e. The topological polar surface area (TPSA) is 78.6 Å². The van der Waals surface area contributed by atoms with Crippen molar-refractivity contribution >= 4 is 12.1 Å². The lowest BCUT2D eigenvalue weighted by molar-refractivity contribution is -0.141. The fourth-order valence-corrected chi connectivity index (χ4v) is 0.423. The Hall–Kier alpha value is -1.52. The van der Waals surface area contributed by atoms with Crippen molar-refractivity contribution in [3.63, 3.8) is 0 Å². The SMILES string of the molecule is C=CC(=O)OC(C)C.CCOC(N)=O. The maximum atomic E-state index is 10.3. The Morgan fingerprint density at radius 2 is 2.00 bits per heavy atom. The van der Waals surface area contributed by atoms with Crippen LogP contribution in [0.3, 0.4) is 0 Å². The molecule has 0 unspecified atom stereocenters. The summed E-state index contributed by atoms with van der Waals surface area (Å²) in [5.74, 6) is -0.361. The molecule has 82 valence electrons. The van der Waals surface area contributed by atoms with Gasteiger partial charge < -0.3 is 15.2 Å². The highest BCUT2D eigenvalue weighted by molar-refractivity contribution is 5.81. The highest BCUT2D eigenvalue weighted by Crippen LogP contribution is 1.87. The Labute approximate surface area is 83.9 Å². The summed E-state index contributed by atoms with van der Waals surface area (Å²) in [5, 5.41) is 0. The van der Waals surface area contributed by atoms with Crippen molar-refractivity contribution in [1.29, 1.82) is 0 Å². The zero-order valence-electron chi connectivity index (χ0n) is 8.78. The monoisotopic (exact) mass is 203 g/mol. The number of amides is 1. The third kappa shape index (κ3) is 16.8. The number of hydrogen-bond acceptors (Lipinski definition) is 4. The maximum absolute atomic E-state index is 10.3. The summed E-state index contributed by atoms with van der Waals surface area (Å²) < 4.78 is 8.82. The van der Waals surface area contributed by atoms with Gasteiger partial charge in [-0.25, -0.2) is 9.59 Å². The van der Waals surface area contributed by atoms with E-state index in [1.54, 1.807) is 20.8 Å². The van der Waals surface area contributed by atoms with Gasteiger partial charge in [-0.15, -0.1) is 0 Å². The van der Waals surface area contributed by atoms with Crippen LogP contribution in [0.5, 0.6) is 0 Å². The molecule has 0 spiro atoms. The molecule has 0 radical (unpaired) electrons. The number of primary amides is 1. The fourth-order valence-electron chi connectivity index (χ4n) is 0.423. The zero-order valence-corrected chi connectivity index (χ0v) is 8.78. The molecule has 0 heterocycles. The molecule has 0 aromatic heterocycles. The van der Waals surface area contributed by atoms with Crippen molar-refractivity contribution in [1.82, 2.24) is 0 Å². The van der Waals surface area contributed by atoms with Crippen LogP contribution in [0.25, 0.3) is 0 Å². The second-order valence-corrected chi connectivity index (χ2v) is 2.44. The van der Waals surface area contributed by atoms with Gasteiger partial charge in [-0.1, -0.05) is 6.58 Å². The first-order valence-electron chi connectivity index (χ1n) is 4.19. The Morgan fingerprint density at radius 1 is 1.50 bits per heavy atom. The number of hydrogen-bond donors (Lipinski definition) is 1. The predicted octanol–water partition coefficient (Wildman–Crippen LogP) is 1.23. The molecule has 0 aliphatic rings. The average molecular weight is 203 g/mol. The third-order valence-electron chi connectivity index (χ3n) is 0.805. The van der Waals surface area contributed by atoms with Gasteiger partial charge in [0.15, 0.2) is 0 Å². The lowest BCUT2D eigenvalue weighted by atomic mass is 10.5. The number of rotatable bonds is 3. The summed E-state index contributed by atoms with van der Waals surface area (Å²) >= 11 is 0. The second kappa shape index (κ2) is 9.57. The summed E-state index contributed by atoms with van der Waals surface area (Å²) in [6.45, 7) is 8.88. The van der Waals surface area contributed by atoms with E-state index in [2.05, 4.69) is 21.8 Å². The van der Waals surface area contributed by atoms with E-state index in [0.717, 1.165) is 6.08 Å². The first-order chi connectivity index (χ1) is 6.43. The molecule has 0 aromatic carbocycles. The Bertz CT molecular complexity index is 189. The van der Waals surface area contributed by atoms with Gasteiger partial charge in [0, 0.05) is 6.08 Å². The number of carbonyl (C=O) groups excluding carboxylic acids is 2. The largest absolute Gasteiger partial charge is 0.460 e. The fraction of sp³-hybridized carbons (Fsp3) is 0.556. The van der Waals surface area contributed by atoms with E-state index < -0.39 is 6.09 Å². The van der Waals surface area contributed by atoms with E-state index >= 15 is 0 Å². The molecule has 0 fully saturated rings. The standard InChI is InChI=1S/C6H10O2.C3H7NO2/c1-4-6(7)8-5(2)3;1-2-6-3(4)5/h4-5H,1H2,2-3H3;2H2,1H3,(H2,4,5). The number of ether oxygens (including phenoxy) is 2. The molecular formula is C9H17NO4. The molecule has 0 aliphatic carbocycles. The molecule has 1 amide bonds. The van der Waals surface area contributed by atoms with Gasteiger partial charge in [0.1, 0.15) is 0 Å². The van der Waals surface area contributed by atoms with Gasteiger partial charge in [0.25, 0.3) is 0 Å². The van der Waals surface area contributed by atoms with Crippen molar-refractivity contribution < 1.29 is 19.1 Å². The molecule has 0 aromatic rings. The second-order valence-electron chi connectivity index (χ2n) is 2.44. The van der Waals surface area contributed by atoms with Crippen molar-refractivity contribution in [2.45, 2.75) is 26.9 Å². The van der Waals surface area contributed by atoms with Gasteiger partial charge in [-0.2, -0.15) is 0 Å². The van der Waals surface area contributed by atoms with Crippen LogP contribution < -0.4 is 5.73 Å². The summed E-state index contributed by atoms with van der Waals surface area (Å²) in [6.07, 6.45) is 0.401. The molecule has 0 rings (SSSR count). The molecular weight excluding hydrogens is 186 g/mol. The van der Waals surface area contributed by atoms with Gasteiger partial charge in [-0.05, 0) is 20.8 Å². The minimum absolute atomic E-state index is 0.0412. The van der Waals surface area contributed by atoms with Crippen LogP contribution in [0.15, 0.2) is 12.7 Å². The van der Waals surface area contributed by atoms with Crippen LogP contribution in [0.2, 0.25) is 0 Å². The average Bonchev–Trinajstić information content (AvgIpc) is 2.03. The van der Waals surface area contributed by atoms with E-state index in [1.807, 2.05) is 0 Å². The highest BCUT2D eigenvalue weighted by Gasteiger charge is 1.96. The van der Waals surface area contributed by atoms with Crippen molar-refractivity contribution in [3.05, 3.63) is 12.7 Å². The van der Waals surface area contributed by atoms with Crippen LogP contribution in [0.1, 0.15) is 20.8 Å². The van der Waals surface area contributed by atoms with Gasteiger partial charge in [0.05, 0.1) is 12.7 Å². The van der Waals surface area contributed by atoms with Crippen LogP contribution in [0.4, 0.5) is 4.79 Å². The minimum atomic E-state index is -0.711. The smallest absolute Gasteiger partial charge is 0.404 e. The molecule has 0 saturated heterocycles. The quantitative estimate of drug-likeness (QED) is 0.552. The molecule has 0 saturated carbocycles. The van der Waals surface area contributed by atoms with Crippen molar-refractivity contribution in [3.8, 4) is 0 Å². The van der Waals surface area contributed by atoms with Gasteiger partial charge >= 0.3 is 12.1 Å². The van der Waals surface area contributed by atoms with E-state index in [1.165, 1.54) is 0 Å². The lowest BCUT2D eigenvalue weighted by Gasteiger charge is -2.02. The summed E-state index contributed by atoms with van der Waals surface area (Å²) in [7, 11) is 0. The molecule has 5 heteroatoms. The molecule has 0 aliphatic heterocycles. The van der Waals surface area contributed by atoms with Crippen LogP contribution in [-0.2, 0) is 14.3 Å². The highest BCUT2D eigenvalue weighted by atomic mass is 16.5. The predicted molar refractivity (Wildman–Crippen MR) is 52.6 cm³/mol. The molecule has 5 nitrogen and oxygen atoms in total. The van der Waals surface area contributed by atoms with Crippen LogP contribution in [-0.4, -0.2) is 24.8 Å². The van der Waals surface area contributed by atoms with Crippen LogP contribution in [0, 0.1) is 0 Å². The molecule has 0 atom stereocenters. The number of esters is 1. The van der Waals surface area contributed by atoms with E-state index in [4.69, 9.17) is 0 Å². The van der Waals surface area contributed by atoms with Crippen molar-refractivity contribution in [2.75, 3.05) is 6.61 Å². The van der Waals surface area contributed by atoms with Gasteiger partial charge in [-0.3, -0.25) is 0 Å². The van der Waals surface area contributed by atoms with E-state index in [-0.39, 0.29) is 12.1 Å². The Morgan fingerprint density at radius 3 is 2.07 bits per heavy atom. The zero-order chi connectivity index (χ0) is 11.6. The summed E-state index contributed by atoms with van der Waals surface area (Å²) in [4.78, 5) is 19.9. The molecule has 14 heavy (non-hydrogen) atoms. The van der Waals surface area contributed by atoms with Crippen LogP contribution >= 0.6 is 0 Å². The summed E-state index contributed by atoms with van der Waals surface area (Å²) in [5.41, 5.74) is 4.54. The molecule has 0 bridgehead atoms. The third-order valence-corrected chi connectivity index (χ3v) is 0.805. The number of nitrogens with two attached hydrogens (primary N) is 1. The van der Waals surface area contributed by atoms with Crippen molar-refractivity contribution in [2.24, 2.45) is 5.73 Å². The Balaban J connectivity index is 0. The van der Waals surface area contributed by atoms with Gasteiger partial charge in [0.2, 0.25) is 0 Å². The number of carbonyl (C=O) groups is 2. The van der Waals surface area contributed by atoms with E-state index in [9.17, 15) is 9.59 Å². The lowest BCUT2D eigenvalue weighted by Crippen LogP contribution is -2.11. The first kappa shape index (κ1) is 15.0.